The highest BCUT2D eigenvalue weighted by atomic mass is 16.5. The van der Waals surface area contributed by atoms with E-state index >= 15 is 0 Å². The molecular weight excluding hydrogens is 334 g/mol. The molecule has 0 aliphatic carbocycles. The smallest absolute Gasteiger partial charge is 0.229 e. The lowest BCUT2D eigenvalue weighted by molar-refractivity contribution is 0.369. The van der Waals surface area contributed by atoms with E-state index in [9.17, 15) is 0 Å². The third-order valence-corrected chi connectivity index (χ3v) is 3.68. The van der Waals surface area contributed by atoms with Gasteiger partial charge in [0.1, 0.15) is 17.2 Å². The molecular formula is C18H25N5O3. The molecule has 26 heavy (non-hydrogen) atoms. The van der Waals surface area contributed by atoms with Gasteiger partial charge in [-0.15, -0.1) is 0 Å². The van der Waals surface area contributed by atoms with E-state index < -0.39 is 0 Å². The molecule has 0 amide bonds. The van der Waals surface area contributed by atoms with Crippen molar-refractivity contribution < 1.29 is 14.2 Å². The first-order valence-corrected chi connectivity index (χ1v) is 8.15. The van der Waals surface area contributed by atoms with Gasteiger partial charge in [0.05, 0.1) is 21.3 Å². The minimum absolute atomic E-state index is 0.251. The fourth-order valence-corrected chi connectivity index (χ4v) is 2.55. The summed E-state index contributed by atoms with van der Waals surface area (Å²) < 4.78 is 16.1. The minimum Gasteiger partial charge on any atom is -0.496 e. The molecule has 2 aromatic rings. The Bertz CT molecular complexity index is 747. The van der Waals surface area contributed by atoms with Crippen molar-refractivity contribution in [2.24, 2.45) is 10.7 Å². The molecule has 0 bridgehead atoms. The molecule has 2 rings (SSSR count). The number of nitrogens with one attached hydrogen (secondary N) is 1. The molecule has 1 aromatic carbocycles. The van der Waals surface area contributed by atoms with Gasteiger partial charge < -0.3 is 19.9 Å². The van der Waals surface area contributed by atoms with Crippen molar-refractivity contribution in [2.75, 3.05) is 33.2 Å². The fraction of sp³-hybridized carbons (Fsp3) is 0.389. The highest BCUT2D eigenvalue weighted by Crippen LogP contribution is 2.34. The number of benzene rings is 1. The van der Waals surface area contributed by atoms with Crippen molar-refractivity contribution in [2.45, 2.75) is 20.3 Å². The van der Waals surface area contributed by atoms with Gasteiger partial charge in [0.15, 0.2) is 5.96 Å². The maximum atomic E-state index is 5.93. The zero-order valence-corrected chi connectivity index (χ0v) is 15.8. The summed E-state index contributed by atoms with van der Waals surface area (Å²) in [7, 11) is 4.81. The van der Waals surface area contributed by atoms with Crippen LogP contribution in [0.25, 0.3) is 0 Å². The number of methoxy groups -OCH3 is 3. The second kappa shape index (κ2) is 8.89. The number of guanidine groups is 1. The molecule has 1 heterocycles. The van der Waals surface area contributed by atoms with Crippen molar-refractivity contribution in [3.05, 3.63) is 35.2 Å². The fourth-order valence-electron chi connectivity index (χ4n) is 2.55. The van der Waals surface area contributed by atoms with Crippen LogP contribution in [0, 0.1) is 13.8 Å². The number of aryl methyl sites for hydroxylation is 2. The van der Waals surface area contributed by atoms with Crippen LogP contribution in [-0.4, -0.2) is 43.8 Å². The van der Waals surface area contributed by atoms with Crippen LogP contribution in [0.2, 0.25) is 0 Å². The molecule has 0 saturated carbocycles. The molecule has 0 aliphatic heterocycles. The molecule has 0 atom stereocenters. The Labute approximate surface area is 153 Å². The Morgan fingerprint density at radius 1 is 1.00 bits per heavy atom. The Kier molecular flexibility index (Phi) is 6.60. The van der Waals surface area contributed by atoms with Crippen LogP contribution < -0.4 is 25.3 Å². The molecule has 0 unspecified atom stereocenters. The summed E-state index contributed by atoms with van der Waals surface area (Å²) >= 11 is 0. The van der Waals surface area contributed by atoms with Gasteiger partial charge in [0, 0.05) is 35.6 Å². The summed E-state index contributed by atoms with van der Waals surface area (Å²) in [6.45, 7) is 4.24. The number of rotatable bonds is 7. The Hall–Kier alpha value is -3.03. The molecule has 8 heteroatoms. The van der Waals surface area contributed by atoms with Crippen molar-refractivity contribution in [3.63, 3.8) is 0 Å². The SMILES string of the molecule is COc1cc(OC)c(CCN=C(N)Nc2nc(C)cc(C)n2)c(OC)c1. The monoisotopic (exact) mass is 359 g/mol. The quantitative estimate of drug-likeness (QED) is 0.576. The van der Waals surface area contributed by atoms with Gasteiger partial charge in [0.25, 0.3) is 0 Å². The van der Waals surface area contributed by atoms with Crippen LogP contribution in [0.15, 0.2) is 23.2 Å². The van der Waals surface area contributed by atoms with Crippen molar-refractivity contribution in [3.8, 4) is 17.2 Å². The number of nitrogens with two attached hydrogens (primary N) is 1. The molecule has 0 fully saturated rings. The van der Waals surface area contributed by atoms with E-state index in [1.165, 1.54) is 0 Å². The van der Waals surface area contributed by atoms with Crippen LogP contribution >= 0.6 is 0 Å². The van der Waals surface area contributed by atoms with E-state index in [0.717, 1.165) is 17.0 Å². The van der Waals surface area contributed by atoms with Crippen LogP contribution in [-0.2, 0) is 6.42 Å². The lowest BCUT2D eigenvalue weighted by Crippen LogP contribution is -2.24. The maximum Gasteiger partial charge on any atom is 0.229 e. The molecule has 0 aliphatic rings. The number of hydrogen-bond donors (Lipinski definition) is 2. The summed E-state index contributed by atoms with van der Waals surface area (Å²) in [5.74, 6) is 2.71. The normalized spacial score (nSPS) is 11.2. The third-order valence-electron chi connectivity index (χ3n) is 3.68. The van der Waals surface area contributed by atoms with E-state index in [4.69, 9.17) is 19.9 Å². The van der Waals surface area contributed by atoms with Crippen LogP contribution in [0.5, 0.6) is 17.2 Å². The average molecular weight is 359 g/mol. The summed E-state index contributed by atoms with van der Waals surface area (Å²) in [6, 6.07) is 5.51. The van der Waals surface area contributed by atoms with Gasteiger partial charge in [0.2, 0.25) is 5.95 Å². The van der Waals surface area contributed by atoms with Gasteiger partial charge in [-0.25, -0.2) is 9.97 Å². The number of aliphatic imine (C=N–C) groups is 1. The molecule has 140 valence electrons. The largest absolute Gasteiger partial charge is 0.496 e. The summed E-state index contributed by atoms with van der Waals surface area (Å²) in [5.41, 5.74) is 8.55. The van der Waals surface area contributed by atoms with Gasteiger partial charge in [-0.1, -0.05) is 0 Å². The Morgan fingerprint density at radius 2 is 1.58 bits per heavy atom. The standard InChI is InChI=1S/C18H25N5O3/c1-11-8-12(2)22-18(21-11)23-17(19)20-7-6-14-15(25-4)9-13(24-3)10-16(14)26-5/h8-10H,6-7H2,1-5H3,(H3,19,20,21,22,23). The van der Waals surface area contributed by atoms with Gasteiger partial charge in [-0.05, 0) is 26.3 Å². The van der Waals surface area contributed by atoms with Crippen molar-refractivity contribution >= 4 is 11.9 Å². The zero-order valence-electron chi connectivity index (χ0n) is 15.8. The van der Waals surface area contributed by atoms with Gasteiger partial charge >= 0.3 is 0 Å². The average Bonchev–Trinajstić information content (AvgIpc) is 2.60. The van der Waals surface area contributed by atoms with E-state index in [1.807, 2.05) is 32.0 Å². The molecule has 0 saturated heterocycles. The topological polar surface area (TPSA) is 104 Å². The first-order chi connectivity index (χ1) is 12.5. The second-order valence-corrected chi connectivity index (χ2v) is 5.63. The van der Waals surface area contributed by atoms with Gasteiger partial charge in [-0.3, -0.25) is 10.3 Å². The number of aromatic nitrogens is 2. The number of hydrogen-bond acceptors (Lipinski definition) is 6. The van der Waals surface area contributed by atoms with Gasteiger partial charge in [-0.2, -0.15) is 0 Å². The predicted molar refractivity (Wildman–Crippen MR) is 101 cm³/mol. The Morgan fingerprint density at radius 3 is 2.08 bits per heavy atom. The van der Waals surface area contributed by atoms with Crippen molar-refractivity contribution in [1.29, 1.82) is 0 Å². The van der Waals surface area contributed by atoms with Crippen LogP contribution in [0.4, 0.5) is 5.95 Å². The third kappa shape index (κ3) is 4.98. The highest BCUT2D eigenvalue weighted by molar-refractivity contribution is 5.90. The molecule has 0 spiro atoms. The highest BCUT2D eigenvalue weighted by Gasteiger charge is 2.13. The lowest BCUT2D eigenvalue weighted by Gasteiger charge is -2.14. The molecule has 8 nitrogen and oxygen atoms in total. The van der Waals surface area contributed by atoms with Crippen LogP contribution in [0.1, 0.15) is 17.0 Å². The second-order valence-electron chi connectivity index (χ2n) is 5.63. The first-order valence-electron chi connectivity index (χ1n) is 8.15. The summed E-state index contributed by atoms with van der Waals surface area (Å²) in [5, 5.41) is 2.91. The molecule has 0 radical (unpaired) electrons. The van der Waals surface area contributed by atoms with E-state index in [0.29, 0.717) is 36.2 Å². The van der Waals surface area contributed by atoms with Crippen molar-refractivity contribution in [1.82, 2.24) is 9.97 Å². The van der Waals surface area contributed by atoms with E-state index in [2.05, 4.69) is 20.3 Å². The summed E-state index contributed by atoms with van der Waals surface area (Å²) in [6.07, 6.45) is 0.590. The number of anilines is 1. The zero-order chi connectivity index (χ0) is 19.1. The predicted octanol–water partition coefficient (Wildman–Crippen LogP) is 2.09. The molecule has 3 N–H and O–H groups in total. The van der Waals surface area contributed by atoms with E-state index in [-0.39, 0.29) is 5.96 Å². The lowest BCUT2D eigenvalue weighted by atomic mass is 10.1. The minimum atomic E-state index is 0.251. The Balaban J connectivity index is 2.09. The number of ether oxygens (including phenoxy) is 3. The summed E-state index contributed by atoms with van der Waals surface area (Å²) in [4.78, 5) is 12.9. The maximum absolute atomic E-state index is 5.93. The number of nitrogens with zero attached hydrogens (tertiary/aromatic N) is 3. The van der Waals surface area contributed by atoms with E-state index in [1.54, 1.807) is 21.3 Å². The van der Waals surface area contributed by atoms with Crippen LogP contribution in [0.3, 0.4) is 0 Å². The first kappa shape index (κ1) is 19.3. The molecule has 1 aromatic heterocycles.